The normalized spacial score (nSPS) is 13.0. The van der Waals surface area contributed by atoms with Crippen LogP contribution in [-0.2, 0) is 19.6 Å². The van der Waals surface area contributed by atoms with Gasteiger partial charge in [-0.15, -0.1) is 0 Å². The maximum atomic E-state index is 5.96. The van der Waals surface area contributed by atoms with E-state index in [9.17, 15) is 0 Å². The quantitative estimate of drug-likeness (QED) is 0.572. The van der Waals surface area contributed by atoms with Crippen LogP contribution in [0.25, 0.3) is 0 Å². The van der Waals surface area contributed by atoms with Gasteiger partial charge in [0.05, 0.1) is 7.11 Å². The second-order valence-electron chi connectivity index (χ2n) is 6.89. The molecule has 0 spiro atoms. The van der Waals surface area contributed by atoms with Crippen LogP contribution in [0.4, 0.5) is 0 Å². The highest BCUT2D eigenvalue weighted by Crippen LogP contribution is 2.30. The van der Waals surface area contributed by atoms with Crippen molar-refractivity contribution in [2.75, 3.05) is 13.7 Å². The Labute approximate surface area is 171 Å². The van der Waals surface area contributed by atoms with Gasteiger partial charge in [0.1, 0.15) is 11.6 Å². The van der Waals surface area contributed by atoms with E-state index in [-0.39, 0.29) is 0 Å². The van der Waals surface area contributed by atoms with Gasteiger partial charge in [0, 0.05) is 18.7 Å². The molecular formula is C24H23NO2S. The first-order valence-corrected chi connectivity index (χ1v) is 9.86. The number of nitrogens with zero attached hydrogens (tertiary/aromatic N) is 1. The van der Waals surface area contributed by atoms with Crippen molar-refractivity contribution >= 4 is 17.2 Å². The third-order valence-corrected chi connectivity index (χ3v) is 5.56. The zero-order valence-electron chi connectivity index (χ0n) is 15.9. The first-order valence-electron chi connectivity index (χ1n) is 9.45. The van der Waals surface area contributed by atoms with Gasteiger partial charge in [-0.05, 0) is 41.3 Å². The Morgan fingerprint density at radius 3 is 2.46 bits per heavy atom. The molecule has 0 amide bonds. The predicted molar refractivity (Wildman–Crippen MR) is 116 cm³/mol. The molecule has 0 unspecified atom stereocenters. The van der Waals surface area contributed by atoms with Gasteiger partial charge in [-0.3, -0.25) is 0 Å². The van der Waals surface area contributed by atoms with Crippen LogP contribution < -0.4 is 9.47 Å². The van der Waals surface area contributed by atoms with E-state index < -0.39 is 0 Å². The second-order valence-corrected chi connectivity index (χ2v) is 7.27. The minimum absolute atomic E-state index is 0.504. The topological polar surface area (TPSA) is 21.7 Å². The zero-order valence-corrected chi connectivity index (χ0v) is 16.7. The van der Waals surface area contributed by atoms with Crippen LogP contribution in [0.5, 0.6) is 11.5 Å². The number of thiocarbonyl (C=S) groups is 1. The lowest BCUT2D eigenvalue weighted by molar-refractivity contribution is 0.284. The number of methoxy groups -OCH3 is 1. The van der Waals surface area contributed by atoms with Crippen LogP contribution in [0.3, 0.4) is 0 Å². The fourth-order valence-corrected chi connectivity index (χ4v) is 3.79. The number of fused-ring (bicyclic) bond motifs is 1. The molecule has 3 aromatic rings. The summed E-state index contributed by atoms with van der Waals surface area (Å²) in [5.41, 5.74) is 4.88. The van der Waals surface area contributed by atoms with Crippen LogP contribution >= 0.6 is 12.2 Å². The zero-order chi connectivity index (χ0) is 19.3. The Balaban J connectivity index is 1.48. The maximum absolute atomic E-state index is 5.96. The standard InChI is InChI=1S/C24H23NO2S/c1-26-23-15-20(11-12-22(23)27-17-18-7-3-2-4-8-18)24(28)25-14-13-19-9-5-6-10-21(19)16-25/h2-12,15H,13-14,16-17H2,1H3. The molecule has 0 saturated heterocycles. The third-order valence-electron chi connectivity index (χ3n) is 5.07. The van der Waals surface area contributed by atoms with Crippen LogP contribution in [0.1, 0.15) is 22.3 Å². The molecule has 0 aliphatic carbocycles. The van der Waals surface area contributed by atoms with Crippen molar-refractivity contribution in [3.8, 4) is 11.5 Å². The summed E-state index contributed by atoms with van der Waals surface area (Å²) in [7, 11) is 1.66. The van der Waals surface area contributed by atoms with Gasteiger partial charge in [-0.2, -0.15) is 0 Å². The Morgan fingerprint density at radius 2 is 1.68 bits per heavy atom. The van der Waals surface area contributed by atoms with E-state index in [1.54, 1.807) is 7.11 Å². The highest BCUT2D eigenvalue weighted by atomic mass is 32.1. The number of hydrogen-bond donors (Lipinski definition) is 0. The lowest BCUT2D eigenvalue weighted by Gasteiger charge is -2.31. The fraction of sp³-hybridized carbons (Fsp3) is 0.208. The van der Waals surface area contributed by atoms with E-state index in [0.717, 1.165) is 41.4 Å². The molecule has 3 aromatic carbocycles. The highest BCUT2D eigenvalue weighted by molar-refractivity contribution is 7.80. The lowest BCUT2D eigenvalue weighted by Crippen LogP contribution is -2.35. The Kier molecular flexibility index (Phi) is 5.58. The van der Waals surface area contributed by atoms with Crippen molar-refractivity contribution in [1.82, 2.24) is 4.90 Å². The lowest BCUT2D eigenvalue weighted by atomic mass is 9.99. The molecule has 4 rings (SSSR count). The van der Waals surface area contributed by atoms with Gasteiger partial charge in [0.2, 0.25) is 0 Å². The van der Waals surface area contributed by atoms with Gasteiger partial charge in [-0.25, -0.2) is 0 Å². The highest BCUT2D eigenvalue weighted by Gasteiger charge is 2.20. The summed E-state index contributed by atoms with van der Waals surface area (Å²) >= 11 is 5.79. The van der Waals surface area contributed by atoms with Crippen LogP contribution in [0, 0.1) is 0 Å². The van der Waals surface area contributed by atoms with E-state index in [1.165, 1.54) is 11.1 Å². The van der Waals surface area contributed by atoms with Gasteiger partial charge < -0.3 is 14.4 Å². The summed E-state index contributed by atoms with van der Waals surface area (Å²) in [5, 5.41) is 0. The molecule has 1 aliphatic heterocycles. The van der Waals surface area contributed by atoms with Crippen molar-refractivity contribution < 1.29 is 9.47 Å². The van der Waals surface area contributed by atoms with Crippen LogP contribution in [0.2, 0.25) is 0 Å². The first kappa shape index (κ1) is 18.5. The summed E-state index contributed by atoms with van der Waals surface area (Å²) in [6.45, 7) is 2.29. The first-order chi connectivity index (χ1) is 13.7. The molecule has 1 heterocycles. The average molecular weight is 390 g/mol. The molecule has 0 N–H and O–H groups in total. The Hall–Kier alpha value is -2.85. The van der Waals surface area contributed by atoms with E-state index >= 15 is 0 Å². The smallest absolute Gasteiger partial charge is 0.161 e. The monoisotopic (exact) mass is 389 g/mol. The second kappa shape index (κ2) is 8.44. The number of ether oxygens (including phenoxy) is 2. The number of benzene rings is 3. The molecule has 142 valence electrons. The molecule has 0 bridgehead atoms. The largest absolute Gasteiger partial charge is 0.493 e. The van der Waals surface area contributed by atoms with Crippen molar-refractivity contribution in [3.05, 3.63) is 95.1 Å². The molecule has 4 heteroatoms. The Bertz CT molecular complexity index is 971. The van der Waals surface area contributed by atoms with E-state index in [2.05, 4.69) is 29.2 Å². The summed E-state index contributed by atoms with van der Waals surface area (Å²) in [5.74, 6) is 1.43. The van der Waals surface area contributed by atoms with Gasteiger partial charge in [0.15, 0.2) is 11.5 Å². The van der Waals surface area contributed by atoms with Gasteiger partial charge in [0.25, 0.3) is 0 Å². The summed E-state index contributed by atoms with van der Waals surface area (Å²) < 4.78 is 11.5. The molecule has 0 atom stereocenters. The van der Waals surface area contributed by atoms with Crippen LogP contribution in [0.15, 0.2) is 72.8 Å². The van der Waals surface area contributed by atoms with Crippen molar-refractivity contribution in [2.24, 2.45) is 0 Å². The molecule has 0 fully saturated rings. The maximum Gasteiger partial charge on any atom is 0.161 e. The molecule has 3 nitrogen and oxygen atoms in total. The minimum atomic E-state index is 0.504. The van der Waals surface area contributed by atoms with Crippen molar-refractivity contribution in [3.63, 3.8) is 0 Å². The third kappa shape index (κ3) is 4.02. The molecule has 0 saturated carbocycles. The summed E-state index contributed by atoms with van der Waals surface area (Å²) in [6.07, 6.45) is 1.02. The van der Waals surface area contributed by atoms with Gasteiger partial charge in [-0.1, -0.05) is 66.8 Å². The molecule has 1 aliphatic rings. The SMILES string of the molecule is COc1cc(C(=S)N2CCc3ccccc3C2)ccc1OCc1ccccc1. The molecule has 0 aromatic heterocycles. The van der Waals surface area contributed by atoms with Gasteiger partial charge >= 0.3 is 0 Å². The number of hydrogen-bond acceptors (Lipinski definition) is 3. The molecule has 0 radical (unpaired) electrons. The fourth-order valence-electron chi connectivity index (χ4n) is 3.51. The van der Waals surface area contributed by atoms with E-state index in [1.807, 2.05) is 48.5 Å². The van der Waals surface area contributed by atoms with Crippen molar-refractivity contribution in [1.29, 1.82) is 0 Å². The summed E-state index contributed by atoms with van der Waals surface area (Å²) in [6, 6.07) is 24.6. The van der Waals surface area contributed by atoms with E-state index in [4.69, 9.17) is 21.7 Å². The summed E-state index contributed by atoms with van der Waals surface area (Å²) in [4.78, 5) is 3.11. The molecular weight excluding hydrogens is 366 g/mol. The van der Waals surface area contributed by atoms with Crippen LogP contribution in [-0.4, -0.2) is 23.5 Å². The Morgan fingerprint density at radius 1 is 0.929 bits per heavy atom. The predicted octanol–water partition coefficient (Wildman–Crippen LogP) is 5.01. The average Bonchev–Trinajstić information content (AvgIpc) is 2.77. The van der Waals surface area contributed by atoms with Crippen molar-refractivity contribution in [2.45, 2.75) is 19.6 Å². The minimum Gasteiger partial charge on any atom is -0.493 e. The number of rotatable bonds is 5. The molecule has 28 heavy (non-hydrogen) atoms. The van der Waals surface area contributed by atoms with E-state index in [0.29, 0.717) is 12.4 Å².